The predicted octanol–water partition coefficient (Wildman–Crippen LogP) is -0.978. The molecule has 0 aromatic rings. The van der Waals surface area contributed by atoms with Crippen LogP contribution in [-0.4, -0.2) is 76.0 Å². The average Bonchev–Trinajstić information content (AvgIpc) is 2.29. The first-order valence-corrected chi connectivity index (χ1v) is 6.35. The van der Waals surface area contributed by atoms with Crippen molar-refractivity contribution in [3.05, 3.63) is 0 Å². The monoisotopic (exact) mass is 261 g/mol. The Hall–Kier alpha value is -0.270. The Bertz CT molecular complexity index is 265. The maximum Gasteiger partial charge on any atom is 0.0928 e. The Kier molecular flexibility index (Phi) is 5.27. The van der Waals surface area contributed by atoms with Crippen molar-refractivity contribution >= 4 is 17.2 Å². The largest absolute Gasteiger partial charge is 0.394 e. The number of thiocarbonyl (C=S) groups is 1. The van der Waals surface area contributed by atoms with Crippen molar-refractivity contribution in [2.45, 2.75) is 25.5 Å². The van der Waals surface area contributed by atoms with Gasteiger partial charge >= 0.3 is 0 Å². The van der Waals surface area contributed by atoms with Gasteiger partial charge < -0.3 is 15.9 Å². The molecule has 0 saturated carbocycles. The summed E-state index contributed by atoms with van der Waals surface area (Å²) in [5, 5.41) is 18.2. The second-order valence-electron chi connectivity index (χ2n) is 5.05. The summed E-state index contributed by atoms with van der Waals surface area (Å²) in [6, 6.07) is 0. The molecule has 5 nitrogen and oxygen atoms in total. The summed E-state index contributed by atoms with van der Waals surface area (Å²) in [5.74, 6) is 0. The van der Waals surface area contributed by atoms with Crippen molar-refractivity contribution in [1.82, 2.24) is 9.80 Å². The van der Waals surface area contributed by atoms with E-state index in [1.807, 2.05) is 13.8 Å². The zero-order valence-corrected chi connectivity index (χ0v) is 11.4. The number of β-amino-alcohol motifs (C(OH)–C–C–N with tert-alkyl or cyclic N) is 1. The minimum Gasteiger partial charge on any atom is -0.394 e. The fraction of sp³-hybridized carbons (Fsp3) is 0.909. The van der Waals surface area contributed by atoms with E-state index in [1.165, 1.54) is 0 Å². The Morgan fingerprint density at radius 3 is 2.29 bits per heavy atom. The summed E-state index contributed by atoms with van der Waals surface area (Å²) in [7, 11) is 0. The van der Waals surface area contributed by atoms with Crippen molar-refractivity contribution in [2.24, 2.45) is 5.73 Å². The van der Waals surface area contributed by atoms with Crippen molar-refractivity contribution in [1.29, 1.82) is 0 Å². The van der Waals surface area contributed by atoms with E-state index in [0.29, 0.717) is 11.5 Å². The Labute approximate surface area is 108 Å². The standard InChI is InChI=1S/C11H23N3O2S/c1-11(2,10(12)17)14-5-3-13(4-6-14)7-9(16)8-15/h9,15-16H,3-8H2,1-2H3,(H2,12,17). The molecule has 0 aliphatic carbocycles. The summed E-state index contributed by atoms with van der Waals surface area (Å²) in [6.07, 6.45) is -0.648. The van der Waals surface area contributed by atoms with Gasteiger partial charge in [0.05, 0.1) is 23.2 Å². The van der Waals surface area contributed by atoms with E-state index in [2.05, 4.69) is 9.80 Å². The lowest BCUT2D eigenvalue weighted by molar-refractivity contribution is 0.0279. The number of hydrogen-bond acceptors (Lipinski definition) is 5. The highest BCUT2D eigenvalue weighted by atomic mass is 32.1. The molecule has 1 rings (SSSR count). The van der Waals surface area contributed by atoms with E-state index in [0.717, 1.165) is 26.2 Å². The lowest BCUT2D eigenvalue weighted by Gasteiger charge is -2.43. The first-order chi connectivity index (χ1) is 7.87. The van der Waals surface area contributed by atoms with Gasteiger partial charge in [0.15, 0.2) is 0 Å². The molecule has 17 heavy (non-hydrogen) atoms. The molecule has 1 aliphatic rings. The molecular weight excluding hydrogens is 238 g/mol. The molecule has 0 aromatic carbocycles. The molecule has 0 radical (unpaired) electrons. The summed E-state index contributed by atoms with van der Waals surface area (Å²) in [6.45, 7) is 7.90. The lowest BCUT2D eigenvalue weighted by Crippen LogP contribution is -2.59. The summed E-state index contributed by atoms with van der Waals surface area (Å²) in [4.78, 5) is 4.92. The van der Waals surface area contributed by atoms with E-state index in [9.17, 15) is 5.11 Å². The highest BCUT2D eigenvalue weighted by Gasteiger charge is 2.32. The van der Waals surface area contributed by atoms with E-state index in [4.69, 9.17) is 23.1 Å². The van der Waals surface area contributed by atoms with Gasteiger partial charge in [-0.3, -0.25) is 9.80 Å². The van der Waals surface area contributed by atoms with E-state index in [1.54, 1.807) is 0 Å². The van der Waals surface area contributed by atoms with Crippen LogP contribution < -0.4 is 5.73 Å². The van der Waals surface area contributed by atoms with Gasteiger partial charge in [-0.15, -0.1) is 0 Å². The lowest BCUT2D eigenvalue weighted by atomic mass is 10.0. The normalized spacial score (nSPS) is 21.4. The van der Waals surface area contributed by atoms with Crippen LogP contribution in [0.5, 0.6) is 0 Å². The molecule has 0 amide bonds. The number of piperazine rings is 1. The Morgan fingerprint density at radius 1 is 1.35 bits per heavy atom. The second kappa shape index (κ2) is 6.06. The van der Waals surface area contributed by atoms with Crippen LogP contribution in [0, 0.1) is 0 Å². The molecule has 1 saturated heterocycles. The molecule has 1 heterocycles. The van der Waals surface area contributed by atoms with Crippen molar-refractivity contribution in [3.63, 3.8) is 0 Å². The number of rotatable bonds is 5. The van der Waals surface area contributed by atoms with Gasteiger partial charge in [-0.1, -0.05) is 12.2 Å². The average molecular weight is 261 g/mol. The van der Waals surface area contributed by atoms with E-state index >= 15 is 0 Å². The molecule has 1 fully saturated rings. The van der Waals surface area contributed by atoms with Crippen molar-refractivity contribution in [2.75, 3.05) is 39.3 Å². The van der Waals surface area contributed by atoms with E-state index in [-0.39, 0.29) is 12.1 Å². The second-order valence-corrected chi connectivity index (χ2v) is 5.49. The topological polar surface area (TPSA) is 73.0 Å². The summed E-state index contributed by atoms with van der Waals surface area (Å²) in [5.41, 5.74) is 5.49. The summed E-state index contributed by atoms with van der Waals surface area (Å²) < 4.78 is 0. The minimum atomic E-state index is -0.648. The number of nitrogens with zero attached hydrogens (tertiary/aromatic N) is 2. The van der Waals surface area contributed by atoms with Gasteiger partial charge in [0.2, 0.25) is 0 Å². The first-order valence-electron chi connectivity index (χ1n) is 5.94. The van der Waals surface area contributed by atoms with Gasteiger partial charge in [0, 0.05) is 32.7 Å². The van der Waals surface area contributed by atoms with Crippen LogP contribution >= 0.6 is 12.2 Å². The number of hydrogen-bond donors (Lipinski definition) is 3. The smallest absolute Gasteiger partial charge is 0.0928 e. The van der Waals surface area contributed by atoms with Gasteiger partial charge in [-0.05, 0) is 13.8 Å². The fourth-order valence-corrected chi connectivity index (χ4v) is 2.13. The van der Waals surface area contributed by atoms with Gasteiger partial charge in [-0.2, -0.15) is 0 Å². The molecule has 0 aromatic heterocycles. The minimum absolute atomic E-state index is 0.182. The van der Waals surface area contributed by atoms with Crippen LogP contribution in [0.2, 0.25) is 0 Å². The highest BCUT2D eigenvalue weighted by molar-refractivity contribution is 7.80. The zero-order valence-electron chi connectivity index (χ0n) is 10.6. The Balaban J connectivity index is 2.43. The maximum absolute atomic E-state index is 9.38. The Morgan fingerprint density at radius 2 is 1.88 bits per heavy atom. The highest BCUT2D eigenvalue weighted by Crippen LogP contribution is 2.17. The van der Waals surface area contributed by atoms with Gasteiger partial charge in [-0.25, -0.2) is 0 Å². The molecular formula is C11H23N3O2S. The number of aliphatic hydroxyl groups is 2. The third kappa shape index (κ3) is 3.86. The third-order valence-electron chi connectivity index (χ3n) is 3.45. The quantitative estimate of drug-likeness (QED) is 0.553. The van der Waals surface area contributed by atoms with Gasteiger partial charge in [0.25, 0.3) is 0 Å². The van der Waals surface area contributed by atoms with Crippen LogP contribution in [-0.2, 0) is 0 Å². The van der Waals surface area contributed by atoms with Crippen LogP contribution in [0.3, 0.4) is 0 Å². The van der Waals surface area contributed by atoms with Crippen LogP contribution in [0.15, 0.2) is 0 Å². The van der Waals surface area contributed by atoms with Crippen LogP contribution in [0.1, 0.15) is 13.8 Å². The molecule has 0 bridgehead atoms. The SMILES string of the molecule is CC(C)(C(N)=S)N1CCN(CC(O)CO)CC1. The first kappa shape index (κ1) is 14.8. The molecule has 0 spiro atoms. The zero-order chi connectivity index (χ0) is 13.1. The molecule has 4 N–H and O–H groups in total. The number of aliphatic hydroxyl groups excluding tert-OH is 2. The number of nitrogens with two attached hydrogens (primary N) is 1. The molecule has 1 aliphatic heterocycles. The third-order valence-corrected chi connectivity index (χ3v) is 3.95. The van der Waals surface area contributed by atoms with E-state index < -0.39 is 6.10 Å². The predicted molar refractivity (Wildman–Crippen MR) is 72.0 cm³/mol. The van der Waals surface area contributed by atoms with Crippen LogP contribution in [0.4, 0.5) is 0 Å². The summed E-state index contributed by atoms with van der Waals surface area (Å²) >= 11 is 5.08. The molecule has 100 valence electrons. The van der Waals surface area contributed by atoms with Gasteiger partial charge in [0.1, 0.15) is 0 Å². The van der Waals surface area contributed by atoms with Crippen molar-refractivity contribution < 1.29 is 10.2 Å². The molecule has 6 heteroatoms. The molecule has 1 unspecified atom stereocenters. The fourth-order valence-electron chi connectivity index (χ4n) is 2.00. The van der Waals surface area contributed by atoms with Crippen molar-refractivity contribution in [3.8, 4) is 0 Å². The van der Waals surface area contributed by atoms with Crippen LogP contribution in [0.25, 0.3) is 0 Å². The molecule has 1 atom stereocenters. The maximum atomic E-state index is 9.38.